The van der Waals surface area contributed by atoms with Gasteiger partial charge in [0.2, 0.25) is 0 Å². The van der Waals surface area contributed by atoms with Gasteiger partial charge in [-0.2, -0.15) is 0 Å². The fourth-order valence-electron chi connectivity index (χ4n) is 3.14. The van der Waals surface area contributed by atoms with Gasteiger partial charge in [-0.15, -0.1) is 0 Å². The molecule has 2 saturated heterocycles. The predicted molar refractivity (Wildman–Crippen MR) is 77.0 cm³/mol. The van der Waals surface area contributed by atoms with Crippen molar-refractivity contribution < 1.29 is 13.6 Å². The van der Waals surface area contributed by atoms with Crippen LogP contribution in [0.2, 0.25) is 0 Å². The van der Waals surface area contributed by atoms with Gasteiger partial charge in [0.25, 0.3) is 5.91 Å². The lowest BCUT2D eigenvalue weighted by Gasteiger charge is -2.57. The molecule has 0 unspecified atom stereocenters. The maximum atomic E-state index is 11.8. The second kappa shape index (κ2) is 4.65. The monoisotopic (exact) mass is 296 g/mol. The number of nitrogens with zero attached hydrogens (tertiary/aromatic N) is 1. The fraction of sp³-hybridized carbons (Fsp3) is 0.571. The highest BCUT2D eigenvalue weighted by Crippen LogP contribution is 2.65. The van der Waals surface area contributed by atoms with Crippen molar-refractivity contribution in [3.05, 3.63) is 35.9 Å². The first kappa shape index (κ1) is 14.2. The van der Waals surface area contributed by atoms with E-state index < -0.39 is 19.1 Å². The first-order valence-electron chi connectivity index (χ1n) is 6.98. The Kier molecular flexibility index (Phi) is 3.31. The number of hydrogen-bond acceptors (Lipinski definition) is 4. The summed E-state index contributed by atoms with van der Waals surface area (Å²) in [6.45, 7) is 5.83. The van der Waals surface area contributed by atoms with Crippen molar-refractivity contribution in [2.45, 2.75) is 38.0 Å². The number of nitrogens with two attached hydrogens (primary N) is 1. The van der Waals surface area contributed by atoms with E-state index in [0.717, 1.165) is 31.5 Å². The summed E-state index contributed by atoms with van der Waals surface area (Å²) in [6.07, 6.45) is 2.18. The molecule has 20 heavy (non-hydrogen) atoms. The molecular weight excluding hydrogens is 275 g/mol. The molecule has 0 amide bonds. The number of likely N-dealkylation sites (tertiary alicyclic amines) is 1. The second-order valence-corrected chi connectivity index (χ2v) is 7.43. The van der Waals surface area contributed by atoms with Crippen LogP contribution >= 0.6 is 7.75 Å². The van der Waals surface area contributed by atoms with Crippen LogP contribution in [0.5, 0.6) is 0 Å². The van der Waals surface area contributed by atoms with E-state index in [-0.39, 0.29) is 0 Å². The molecular formula is C14H21N2O3P. The molecule has 1 aromatic rings. The van der Waals surface area contributed by atoms with Crippen molar-refractivity contribution in [1.82, 2.24) is 4.90 Å². The Hall–Kier alpha value is -0.710. The third-order valence-corrected chi connectivity index (χ3v) is 5.31. The highest BCUT2D eigenvalue weighted by Gasteiger charge is 2.66. The quantitative estimate of drug-likeness (QED) is 0.869. The number of hydrogen-bond donors (Lipinski definition) is 1. The Bertz CT molecular complexity index is 531. The zero-order chi connectivity index (χ0) is 14.4. The van der Waals surface area contributed by atoms with E-state index in [9.17, 15) is 4.57 Å². The molecule has 0 saturated carbocycles. The number of benzene rings is 1. The van der Waals surface area contributed by atoms with Crippen LogP contribution in [-0.4, -0.2) is 23.9 Å². The largest absolute Gasteiger partial charge is 0.410 e. The van der Waals surface area contributed by atoms with Crippen molar-refractivity contribution in [2.24, 2.45) is 5.50 Å². The van der Waals surface area contributed by atoms with Gasteiger partial charge in [0.15, 0.2) is 0 Å². The minimum Gasteiger partial charge on any atom is -0.251 e. The van der Waals surface area contributed by atoms with E-state index in [0.29, 0.717) is 0 Å². The average molecular weight is 296 g/mol. The topological polar surface area (TPSA) is 64.8 Å². The normalized spacial score (nSPS) is 35.0. The van der Waals surface area contributed by atoms with E-state index in [2.05, 4.69) is 4.90 Å². The van der Waals surface area contributed by atoms with Gasteiger partial charge in [-0.3, -0.25) is 4.90 Å². The fourth-order valence-corrected chi connectivity index (χ4v) is 4.53. The molecule has 5 nitrogen and oxygen atoms in total. The summed E-state index contributed by atoms with van der Waals surface area (Å²) in [7, 11) is -3.40. The third-order valence-electron chi connectivity index (χ3n) is 4.31. The van der Waals surface area contributed by atoms with Crippen LogP contribution in [0.25, 0.3) is 0 Å². The first-order valence-corrected chi connectivity index (χ1v) is 8.59. The Morgan fingerprint density at radius 2 is 1.75 bits per heavy atom. The molecule has 6 heteroatoms. The molecule has 2 aliphatic heterocycles. The van der Waals surface area contributed by atoms with Crippen molar-refractivity contribution in [1.29, 1.82) is 0 Å². The molecule has 0 aromatic heterocycles. The zero-order valence-corrected chi connectivity index (χ0v) is 12.8. The third kappa shape index (κ3) is 2.05. The smallest absolute Gasteiger partial charge is 0.251 e. The summed E-state index contributed by atoms with van der Waals surface area (Å²) < 4.78 is 23.1. The maximum absolute atomic E-state index is 11.8. The Balaban J connectivity index is 2.00. The molecule has 2 N–H and O–H groups in total. The highest BCUT2D eigenvalue weighted by atomic mass is 31.2. The lowest BCUT2D eigenvalue weighted by Crippen LogP contribution is -2.67. The van der Waals surface area contributed by atoms with Gasteiger partial charge in [-0.1, -0.05) is 30.3 Å². The minimum absolute atomic E-state index is 0.466. The molecule has 2 heterocycles. The van der Waals surface area contributed by atoms with Crippen molar-refractivity contribution >= 4 is 7.75 Å². The van der Waals surface area contributed by atoms with E-state index in [1.54, 1.807) is 0 Å². The minimum atomic E-state index is -3.40. The molecule has 0 spiro atoms. The molecule has 0 radical (unpaired) electrons. The summed E-state index contributed by atoms with van der Waals surface area (Å²) in [5.74, 6) is -1.02. The summed E-state index contributed by atoms with van der Waals surface area (Å²) in [5, 5.41) is 0. The Morgan fingerprint density at radius 3 is 2.25 bits per heavy atom. The van der Waals surface area contributed by atoms with Crippen LogP contribution in [0.4, 0.5) is 0 Å². The highest BCUT2D eigenvalue weighted by molar-refractivity contribution is 7.52. The van der Waals surface area contributed by atoms with Gasteiger partial charge >= 0.3 is 7.75 Å². The van der Waals surface area contributed by atoms with E-state index >= 15 is 0 Å². The van der Waals surface area contributed by atoms with Gasteiger partial charge in [0.05, 0.1) is 5.41 Å². The van der Waals surface area contributed by atoms with Crippen LogP contribution in [0.3, 0.4) is 0 Å². The standard InChI is InChI=1S/C14H21N2O3P/c1-13(2,12-8-4-3-5-9-12)14(16-10-6-7-11-16)18-20(15,17)19-14/h3-5,8-9H,6-7,10-11H2,1-2H3,(H2,15,17). The SMILES string of the molecule is CC(C)(c1ccccc1)C1(N2CCCC2)OP(N)(=O)O1. The first-order chi connectivity index (χ1) is 9.37. The van der Waals surface area contributed by atoms with Gasteiger partial charge in [-0.05, 0) is 32.3 Å². The van der Waals surface area contributed by atoms with E-state index in [1.165, 1.54) is 0 Å². The van der Waals surface area contributed by atoms with Crippen LogP contribution in [0.15, 0.2) is 30.3 Å². The molecule has 2 aliphatic rings. The summed E-state index contributed by atoms with van der Waals surface area (Å²) >= 11 is 0. The molecule has 0 bridgehead atoms. The van der Waals surface area contributed by atoms with E-state index in [1.807, 2.05) is 44.2 Å². The summed E-state index contributed by atoms with van der Waals surface area (Å²) in [4.78, 5) is 2.11. The molecule has 110 valence electrons. The van der Waals surface area contributed by atoms with E-state index in [4.69, 9.17) is 14.6 Å². The van der Waals surface area contributed by atoms with Gasteiger partial charge in [-0.25, -0.2) is 19.1 Å². The van der Waals surface area contributed by atoms with Crippen molar-refractivity contribution in [2.75, 3.05) is 13.1 Å². The molecule has 0 aliphatic carbocycles. The zero-order valence-electron chi connectivity index (χ0n) is 11.9. The summed E-state index contributed by atoms with van der Waals surface area (Å²) in [6, 6.07) is 10.00. The Morgan fingerprint density at radius 1 is 1.20 bits per heavy atom. The van der Waals surface area contributed by atoms with Crippen LogP contribution < -0.4 is 5.50 Å². The van der Waals surface area contributed by atoms with Crippen molar-refractivity contribution in [3.63, 3.8) is 0 Å². The molecule has 2 fully saturated rings. The van der Waals surface area contributed by atoms with Crippen LogP contribution in [0, 0.1) is 0 Å². The Labute approximate surface area is 119 Å². The van der Waals surface area contributed by atoms with Crippen LogP contribution in [0.1, 0.15) is 32.3 Å². The van der Waals surface area contributed by atoms with Gasteiger partial charge in [0, 0.05) is 13.1 Å². The summed E-state index contributed by atoms with van der Waals surface area (Å²) in [5.41, 5.74) is 6.13. The lowest BCUT2D eigenvalue weighted by atomic mass is 9.80. The molecule has 3 rings (SSSR count). The molecule has 0 atom stereocenters. The van der Waals surface area contributed by atoms with Crippen LogP contribution in [-0.2, 0) is 19.0 Å². The lowest BCUT2D eigenvalue weighted by molar-refractivity contribution is -0.319. The van der Waals surface area contributed by atoms with Crippen molar-refractivity contribution in [3.8, 4) is 0 Å². The average Bonchev–Trinajstić information content (AvgIpc) is 2.90. The maximum Gasteiger partial charge on any atom is 0.410 e. The van der Waals surface area contributed by atoms with Gasteiger partial charge < -0.3 is 0 Å². The molecule has 1 aromatic carbocycles. The number of rotatable bonds is 3. The predicted octanol–water partition coefficient (Wildman–Crippen LogP) is 2.83. The van der Waals surface area contributed by atoms with Gasteiger partial charge in [0.1, 0.15) is 0 Å². The second-order valence-electron chi connectivity index (χ2n) is 5.99.